The number of alkyl halides is 2. The van der Waals surface area contributed by atoms with Gasteiger partial charge in [-0.25, -0.2) is 4.68 Å². The Morgan fingerprint density at radius 3 is 2.70 bits per heavy atom. The van der Waals surface area contributed by atoms with Gasteiger partial charge in [0, 0.05) is 23.7 Å². The zero-order valence-corrected chi connectivity index (χ0v) is 20.3. The molecule has 0 spiro atoms. The summed E-state index contributed by atoms with van der Waals surface area (Å²) in [6, 6.07) is 11.1. The molecule has 0 saturated carbocycles. The molecule has 3 aromatic heterocycles. The molecule has 0 fully saturated rings. The lowest BCUT2D eigenvalue weighted by Crippen LogP contribution is -2.41. The predicted octanol–water partition coefficient (Wildman–Crippen LogP) is 2.28. The van der Waals surface area contributed by atoms with E-state index in [4.69, 9.17) is 23.2 Å². The molecule has 11 nitrogen and oxygen atoms in total. The smallest absolute Gasteiger partial charge is 0.347 e. The van der Waals surface area contributed by atoms with Crippen LogP contribution in [0.25, 0.3) is 5.69 Å². The van der Waals surface area contributed by atoms with E-state index in [9.17, 15) is 23.6 Å². The summed E-state index contributed by atoms with van der Waals surface area (Å²) in [5.41, 5.74) is -0.617. The SMILES string of the molecule is O=C(Cn1c(Cl)ccc(NCC(F)(F)c2cccc[n+]2[O-])c1=O)NCc1cc(Cl)ccc1-n1cnnn1. The molecular formula is C22H18Cl2F2N8O3. The summed E-state index contributed by atoms with van der Waals surface area (Å²) in [6.45, 7) is -1.49. The monoisotopic (exact) mass is 550 g/mol. The maximum absolute atomic E-state index is 14.5. The highest BCUT2D eigenvalue weighted by atomic mass is 35.5. The molecule has 1 aromatic carbocycles. The van der Waals surface area contributed by atoms with E-state index < -0.39 is 36.2 Å². The molecule has 0 aliphatic heterocycles. The first-order chi connectivity index (χ1) is 17.7. The highest BCUT2D eigenvalue weighted by Gasteiger charge is 2.39. The van der Waals surface area contributed by atoms with Gasteiger partial charge in [0.15, 0.2) is 6.20 Å². The topological polar surface area (TPSA) is 134 Å². The Bertz CT molecular complexity index is 1480. The van der Waals surface area contributed by atoms with Gasteiger partial charge in [-0.15, -0.1) is 5.10 Å². The van der Waals surface area contributed by atoms with Crippen molar-refractivity contribution in [1.29, 1.82) is 0 Å². The number of benzene rings is 1. The summed E-state index contributed by atoms with van der Waals surface area (Å²) in [6.07, 6.45) is 2.33. The van der Waals surface area contributed by atoms with Crippen LogP contribution in [0.5, 0.6) is 0 Å². The summed E-state index contributed by atoms with van der Waals surface area (Å²) in [5, 5.41) is 28.0. The lowest BCUT2D eigenvalue weighted by Gasteiger charge is -2.17. The molecule has 0 aliphatic rings. The predicted molar refractivity (Wildman–Crippen MR) is 130 cm³/mol. The summed E-state index contributed by atoms with van der Waals surface area (Å²) >= 11 is 12.2. The number of aromatic nitrogens is 6. The Hall–Kier alpha value is -4.10. The van der Waals surface area contributed by atoms with Crippen LogP contribution in [0.2, 0.25) is 10.2 Å². The van der Waals surface area contributed by atoms with Crippen molar-refractivity contribution in [3.05, 3.63) is 98.0 Å². The van der Waals surface area contributed by atoms with Crippen molar-refractivity contribution in [2.24, 2.45) is 0 Å². The summed E-state index contributed by atoms with van der Waals surface area (Å²) in [4.78, 5) is 25.5. The Kier molecular flexibility index (Phi) is 7.64. The van der Waals surface area contributed by atoms with Crippen LogP contribution < -0.4 is 20.9 Å². The summed E-state index contributed by atoms with van der Waals surface area (Å²) in [7, 11) is 0. The fourth-order valence-corrected chi connectivity index (χ4v) is 3.82. The number of nitrogens with zero attached hydrogens (tertiary/aromatic N) is 6. The highest BCUT2D eigenvalue weighted by Crippen LogP contribution is 2.25. The lowest BCUT2D eigenvalue weighted by molar-refractivity contribution is -0.624. The number of nitrogens with one attached hydrogen (secondary N) is 2. The molecule has 4 aromatic rings. The van der Waals surface area contributed by atoms with E-state index in [-0.39, 0.29) is 22.1 Å². The molecule has 0 radical (unpaired) electrons. The second-order valence-corrected chi connectivity index (χ2v) is 8.56. The number of amides is 1. The third-order valence-corrected chi connectivity index (χ3v) is 5.80. The van der Waals surface area contributed by atoms with Crippen molar-refractivity contribution in [3.8, 4) is 5.69 Å². The van der Waals surface area contributed by atoms with E-state index in [0.717, 1.165) is 16.8 Å². The Morgan fingerprint density at radius 2 is 1.97 bits per heavy atom. The number of anilines is 1. The number of hydrogen-bond acceptors (Lipinski definition) is 7. The number of tetrazole rings is 1. The molecule has 0 atom stereocenters. The van der Waals surface area contributed by atoms with E-state index in [1.807, 2.05) is 0 Å². The largest absolute Gasteiger partial charge is 0.618 e. The van der Waals surface area contributed by atoms with Crippen LogP contribution in [0.15, 0.2) is 65.8 Å². The van der Waals surface area contributed by atoms with E-state index in [2.05, 4.69) is 26.2 Å². The van der Waals surface area contributed by atoms with Crippen LogP contribution in [-0.4, -0.2) is 37.2 Å². The molecule has 15 heteroatoms. The van der Waals surface area contributed by atoms with Gasteiger partial charge in [-0.05, 0) is 52.4 Å². The molecule has 0 unspecified atom stereocenters. The first-order valence-corrected chi connectivity index (χ1v) is 11.4. The van der Waals surface area contributed by atoms with Crippen LogP contribution >= 0.6 is 23.2 Å². The molecular weight excluding hydrogens is 533 g/mol. The van der Waals surface area contributed by atoms with Crippen molar-refractivity contribution in [2.45, 2.75) is 19.0 Å². The Balaban J connectivity index is 1.46. The second kappa shape index (κ2) is 10.9. The molecule has 0 saturated heterocycles. The number of carbonyl (C=O) groups excluding carboxylic acids is 1. The number of carbonyl (C=O) groups is 1. The summed E-state index contributed by atoms with van der Waals surface area (Å²) < 4.78 is 31.5. The zero-order valence-electron chi connectivity index (χ0n) is 18.8. The van der Waals surface area contributed by atoms with Crippen molar-refractivity contribution >= 4 is 34.8 Å². The quantitative estimate of drug-likeness (QED) is 0.185. The normalized spacial score (nSPS) is 11.4. The molecule has 192 valence electrons. The van der Waals surface area contributed by atoms with Crippen LogP contribution in [-0.2, 0) is 23.8 Å². The van der Waals surface area contributed by atoms with E-state index in [0.29, 0.717) is 16.3 Å². The van der Waals surface area contributed by atoms with Gasteiger partial charge in [-0.1, -0.05) is 23.2 Å². The molecule has 3 heterocycles. The first kappa shape index (κ1) is 26.0. The third-order valence-electron chi connectivity index (χ3n) is 5.24. The Labute approximate surface area is 217 Å². The number of pyridine rings is 2. The van der Waals surface area contributed by atoms with Gasteiger partial charge in [0.05, 0.1) is 12.2 Å². The van der Waals surface area contributed by atoms with Crippen molar-refractivity contribution < 1.29 is 18.3 Å². The maximum atomic E-state index is 14.5. The van der Waals surface area contributed by atoms with Crippen LogP contribution in [0.3, 0.4) is 0 Å². The van der Waals surface area contributed by atoms with Crippen molar-refractivity contribution in [1.82, 2.24) is 30.1 Å². The maximum Gasteiger partial charge on any atom is 0.347 e. The number of hydrogen-bond donors (Lipinski definition) is 2. The van der Waals surface area contributed by atoms with E-state index >= 15 is 0 Å². The fourth-order valence-electron chi connectivity index (χ4n) is 3.43. The average Bonchev–Trinajstić information content (AvgIpc) is 3.40. The van der Waals surface area contributed by atoms with E-state index in [1.165, 1.54) is 35.3 Å². The number of halogens is 4. The molecule has 37 heavy (non-hydrogen) atoms. The van der Waals surface area contributed by atoms with Crippen LogP contribution in [0.4, 0.5) is 14.5 Å². The Morgan fingerprint density at radius 1 is 1.16 bits per heavy atom. The van der Waals surface area contributed by atoms with Gasteiger partial charge in [-0.2, -0.15) is 13.5 Å². The molecule has 0 bridgehead atoms. The molecule has 0 aliphatic carbocycles. The molecule has 4 rings (SSSR count). The first-order valence-electron chi connectivity index (χ1n) is 10.6. The minimum absolute atomic E-state index is 0.0252. The minimum atomic E-state index is -3.58. The van der Waals surface area contributed by atoms with Gasteiger partial charge in [0.1, 0.15) is 23.7 Å². The van der Waals surface area contributed by atoms with Gasteiger partial charge >= 0.3 is 5.92 Å². The van der Waals surface area contributed by atoms with E-state index in [1.54, 1.807) is 18.2 Å². The second-order valence-electron chi connectivity index (χ2n) is 7.73. The molecule has 1 amide bonds. The molecule has 2 N–H and O–H groups in total. The van der Waals surface area contributed by atoms with Crippen molar-refractivity contribution in [3.63, 3.8) is 0 Å². The highest BCUT2D eigenvalue weighted by molar-refractivity contribution is 6.30. The summed E-state index contributed by atoms with van der Waals surface area (Å²) in [5.74, 6) is -4.16. The van der Waals surface area contributed by atoms with Gasteiger partial charge in [-0.3, -0.25) is 14.2 Å². The standard InChI is InChI=1S/C22H18Cl2F2N8O3/c23-15-4-6-17(33-13-29-30-31-33)14(9-15)10-27-20(35)11-32-19(24)7-5-16(21(32)36)28-12-22(25,26)18-3-1-2-8-34(18)37/h1-9,13,28H,10-12H2,(H,27,35). The minimum Gasteiger partial charge on any atom is -0.618 e. The zero-order chi connectivity index (χ0) is 26.6. The lowest BCUT2D eigenvalue weighted by atomic mass is 10.1. The van der Waals surface area contributed by atoms with Gasteiger partial charge in [0.2, 0.25) is 5.91 Å². The number of rotatable bonds is 9. The average molecular weight is 551 g/mol. The van der Waals surface area contributed by atoms with Crippen LogP contribution in [0.1, 0.15) is 11.3 Å². The van der Waals surface area contributed by atoms with Crippen molar-refractivity contribution in [2.75, 3.05) is 11.9 Å². The fraction of sp³-hybridized carbons (Fsp3) is 0.182. The van der Waals surface area contributed by atoms with Gasteiger partial charge < -0.3 is 15.8 Å². The van der Waals surface area contributed by atoms with Crippen LogP contribution in [0, 0.1) is 5.21 Å². The third kappa shape index (κ3) is 6.01. The van der Waals surface area contributed by atoms with Gasteiger partial charge in [0.25, 0.3) is 11.3 Å².